The van der Waals surface area contributed by atoms with Crippen molar-refractivity contribution in [2.24, 2.45) is 33.8 Å². The molecule has 1 nitrogen and oxygen atoms in total. The molecule has 0 amide bonds. The maximum Gasteiger partial charge on any atom is 0.00961 e. The second-order valence-electron chi connectivity index (χ2n) is 9.62. The molecular formula is C18H31N. The van der Waals surface area contributed by atoms with Crippen LogP contribution in [0.1, 0.15) is 78.1 Å². The molecule has 2 N–H and O–H groups in total. The quantitative estimate of drug-likeness (QED) is 0.792. The highest BCUT2D eigenvalue weighted by Crippen LogP contribution is 2.70. The van der Waals surface area contributed by atoms with Crippen molar-refractivity contribution in [3.63, 3.8) is 0 Å². The number of rotatable bonds is 4. The number of nitrogens with two attached hydrogens (primary N) is 1. The number of hydrogen-bond acceptors (Lipinski definition) is 1. The van der Waals surface area contributed by atoms with Crippen molar-refractivity contribution in [2.45, 2.75) is 84.1 Å². The van der Waals surface area contributed by atoms with Crippen LogP contribution in [0.3, 0.4) is 0 Å². The van der Waals surface area contributed by atoms with E-state index in [1.807, 2.05) is 0 Å². The van der Waals surface area contributed by atoms with Gasteiger partial charge < -0.3 is 5.73 Å². The van der Waals surface area contributed by atoms with Crippen LogP contribution in [-0.4, -0.2) is 6.04 Å². The Morgan fingerprint density at radius 3 is 2.16 bits per heavy atom. The Hall–Kier alpha value is -0.0400. The lowest BCUT2D eigenvalue weighted by atomic mass is 9.39. The minimum Gasteiger partial charge on any atom is -0.327 e. The van der Waals surface area contributed by atoms with E-state index in [1.165, 1.54) is 64.2 Å². The number of hydrogen-bond donors (Lipinski definition) is 1. The van der Waals surface area contributed by atoms with E-state index >= 15 is 0 Å². The summed E-state index contributed by atoms with van der Waals surface area (Å²) in [6, 6.07) is 0.496. The molecule has 3 unspecified atom stereocenters. The highest BCUT2D eigenvalue weighted by Gasteiger charge is 2.61. The zero-order valence-corrected chi connectivity index (χ0v) is 12.9. The van der Waals surface area contributed by atoms with Gasteiger partial charge in [-0.2, -0.15) is 0 Å². The predicted molar refractivity (Wildman–Crippen MR) is 79.8 cm³/mol. The van der Waals surface area contributed by atoms with Crippen LogP contribution < -0.4 is 5.73 Å². The van der Waals surface area contributed by atoms with Gasteiger partial charge in [0.2, 0.25) is 0 Å². The van der Waals surface area contributed by atoms with Gasteiger partial charge in [-0.25, -0.2) is 0 Å². The summed E-state index contributed by atoms with van der Waals surface area (Å²) in [5.41, 5.74) is 8.55. The molecule has 0 aromatic carbocycles. The molecule has 4 bridgehead atoms. The Morgan fingerprint density at radius 2 is 1.63 bits per heavy atom. The van der Waals surface area contributed by atoms with Crippen LogP contribution in [0, 0.1) is 28.1 Å². The lowest BCUT2D eigenvalue weighted by Crippen LogP contribution is -2.60. The Kier molecular flexibility index (Phi) is 2.52. The summed E-state index contributed by atoms with van der Waals surface area (Å²) in [6.45, 7) is 5.14. The van der Waals surface area contributed by atoms with Gasteiger partial charge in [0.1, 0.15) is 0 Å². The molecule has 0 saturated heterocycles. The minimum absolute atomic E-state index is 0.496. The molecule has 0 aromatic rings. The lowest BCUT2D eigenvalue weighted by molar-refractivity contribution is -0.154. The van der Waals surface area contributed by atoms with Crippen molar-refractivity contribution in [1.29, 1.82) is 0 Å². The van der Waals surface area contributed by atoms with Gasteiger partial charge in [0.25, 0.3) is 0 Å². The fourth-order valence-electron chi connectivity index (χ4n) is 7.08. The van der Waals surface area contributed by atoms with E-state index in [0.717, 1.165) is 11.8 Å². The first-order valence-corrected chi connectivity index (χ1v) is 8.66. The van der Waals surface area contributed by atoms with Crippen molar-refractivity contribution in [3.05, 3.63) is 0 Å². The van der Waals surface area contributed by atoms with Gasteiger partial charge in [-0.3, -0.25) is 0 Å². The molecule has 0 aliphatic heterocycles. The smallest absolute Gasteiger partial charge is 0.00961 e. The summed E-state index contributed by atoms with van der Waals surface area (Å²) in [5, 5.41) is 0. The molecular weight excluding hydrogens is 230 g/mol. The van der Waals surface area contributed by atoms with Crippen LogP contribution in [0.5, 0.6) is 0 Å². The van der Waals surface area contributed by atoms with Crippen LogP contribution in [0.2, 0.25) is 0 Å². The van der Waals surface area contributed by atoms with E-state index in [4.69, 9.17) is 5.73 Å². The molecule has 0 heterocycles. The third-order valence-corrected chi connectivity index (χ3v) is 7.04. The molecule has 0 radical (unpaired) electrons. The highest BCUT2D eigenvalue weighted by atomic mass is 14.8. The molecule has 5 aliphatic rings. The first-order chi connectivity index (χ1) is 8.91. The van der Waals surface area contributed by atoms with Crippen molar-refractivity contribution >= 4 is 0 Å². The zero-order chi connectivity index (χ0) is 13.3. The zero-order valence-electron chi connectivity index (χ0n) is 12.9. The van der Waals surface area contributed by atoms with Crippen molar-refractivity contribution in [1.82, 2.24) is 0 Å². The van der Waals surface area contributed by atoms with Gasteiger partial charge in [0, 0.05) is 6.04 Å². The first kappa shape index (κ1) is 12.7. The topological polar surface area (TPSA) is 26.0 Å². The van der Waals surface area contributed by atoms with E-state index < -0.39 is 0 Å². The summed E-state index contributed by atoms with van der Waals surface area (Å²) in [7, 11) is 0. The summed E-state index contributed by atoms with van der Waals surface area (Å²) in [6.07, 6.45) is 14.5. The van der Waals surface area contributed by atoms with Crippen LogP contribution in [-0.2, 0) is 0 Å². The monoisotopic (exact) mass is 261 g/mol. The summed E-state index contributed by atoms with van der Waals surface area (Å²) in [5.74, 6) is 2.05. The Morgan fingerprint density at radius 1 is 1.00 bits per heavy atom. The van der Waals surface area contributed by atoms with Gasteiger partial charge in [0.05, 0.1) is 0 Å². The van der Waals surface area contributed by atoms with Gasteiger partial charge in [-0.15, -0.1) is 0 Å². The lowest BCUT2D eigenvalue weighted by Gasteiger charge is -2.67. The largest absolute Gasteiger partial charge is 0.327 e. The third-order valence-electron chi connectivity index (χ3n) is 7.04. The SMILES string of the molecule is CC12CC3CC(C)(C1)CC(C(N)CCC1CC1)(C3)C2. The Balaban J connectivity index is 1.55. The highest BCUT2D eigenvalue weighted by molar-refractivity contribution is 5.13. The molecule has 0 spiro atoms. The molecule has 5 rings (SSSR count). The van der Waals surface area contributed by atoms with Crippen molar-refractivity contribution < 1.29 is 0 Å². The van der Waals surface area contributed by atoms with E-state index in [1.54, 1.807) is 0 Å². The molecule has 3 atom stereocenters. The molecule has 19 heavy (non-hydrogen) atoms. The van der Waals surface area contributed by atoms with Crippen molar-refractivity contribution in [3.8, 4) is 0 Å². The summed E-state index contributed by atoms with van der Waals surface area (Å²) >= 11 is 0. The average molecular weight is 261 g/mol. The van der Waals surface area contributed by atoms with E-state index in [-0.39, 0.29) is 0 Å². The summed E-state index contributed by atoms with van der Waals surface area (Å²) < 4.78 is 0. The Bertz CT molecular complexity index is 365. The van der Waals surface area contributed by atoms with Crippen LogP contribution in [0.4, 0.5) is 0 Å². The maximum absolute atomic E-state index is 6.77. The average Bonchev–Trinajstić information content (AvgIpc) is 3.04. The molecule has 1 heteroatoms. The van der Waals surface area contributed by atoms with E-state index in [9.17, 15) is 0 Å². The molecule has 0 aromatic heterocycles. The molecule has 108 valence electrons. The second kappa shape index (κ2) is 3.78. The normalized spacial score (nSPS) is 53.5. The van der Waals surface area contributed by atoms with Crippen LogP contribution >= 0.6 is 0 Å². The van der Waals surface area contributed by atoms with Crippen LogP contribution in [0.15, 0.2) is 0 Å². The Labute approximate surface area is 118 Å². The first-order valence-electron chi connectivity index (χ1n) is 8.66. The minimum atomic E-state index is 0.496. The molecule has 5 saturated carbocycles. The predicted octanol–water partition coefficient (Wildman–Crippen LogP) is 4.50. The van der Waals surface area contributed by atoms with Crippen LogP contribution in [0.25, 0.3) is 0 Å². The van der Waals surface area contributed by atoms with E-state index in [0.29, 0.717) is 22.3 Å². The summed E-state index contributed by atoms with van der Waals surface area (Å²) in [4.78, 5) is 0. The van der Waals surface area contributed by atoms with Crippen molar-refractivity contribution in [2.75, 3.05) is 0 Å². The standard InChI is InChI=1S/C18H31N/c1-16-7-14-8-17(2,10-16)12-18(9-14,11-16)15(19)6-5-13-3-4-13/h13-15H,3-12,19H2,1-2H3. The second-order valence-corrected chi connectivity index (χ2v) is 9.62. The van der Waals surface area contributed by atoms with E-state index in [2.05, 4.69) is 13.8 Å². The van der Waals surface area contributed by atoms with Gasteiger partial charge >= 0.3 is 0 Å². The van der Waals surface area contributed by atoms with Gasteiger partial charge in [0.15, 0.2) is 0 Å². The molecule has 5 aliphatic carbocycles. The fourth-order valence-corrected chi connectivity index (χ4v) is 7.08. The maximum atomic E-state index is 6.77. The van der Waals surface area contributed by atoms with Gasteiger partial charge in [-0.05, 0) is 79.4 Å². The third kappa shape index (κ3) is 2.07. The fraction of sp³-hybridized carbons (Fsp3) is 1.00. The van der Waals surface area contributed by atoms with Gasteiger partial charge in [-0.1, -0.05) is 26.7 Å². The molecule has 5 fully saturated rings.